The molecule has 0 unspecified atom stereocenters. The number of hydrogen-bond donors (Lipinski definition) is 2. The number of nitrogen functional groups attached to an aromatic ring is 1. The second-order valence-electron chi connectivity index (χ2n) is 3.67. The first-order valence-electron chi connectivity index (χ1n) is 5.17. The molecule has 1 aliphatic heterocycles. The van der Waals surface area contributed by atoms with Gasteiger partial charge in [0.05, 0.1) is 0 Å². The van der Waals surface area contributed by atoms with Gasteiger partial charge < -0.3 is 20.2 Å². The Kier molecular flexibility index (Phi) is 1.99. The number of aromatic amines is 1. The molecule has 0 saturated carbocycles. The molecule has 0 amide bonds. The van der Waals surface area contributed by atoms with E-state index in [0.29, 0.717) is 18.9 Å². The lowest BCUT2D eigenvalue weighted by molar-refractivity contribution is 0.172. The molecular formula is C12H12N2O2. The number of benzene rings is 1. The van der Waals surface area contributed by atoms with Gasteiger partial charge in [-0.15, -0.1) is 0 Å². The van der Waals surface area contributed by atoms with Crippen LogP contribution in [0.15, 0.2) is 30.5 Å². The van der Waals surface area contributed by atoms with E-state index < -0.39 is 0 Å². The molecule has 0 atom stereocenters. The van der Waals surface area contributed by atoms with E-state index >= 15 is 0 Å². The van der Waals surface area contributed by atoms with Gasteiger partial charge in [0.15, 0.2) is 11.5 Å². The number of nitrogens with one attached hydrogen (secondary N) is 1. The quantitative estimate of drug-likeness (QED) is 0.717. The van der Waals surface area contributed by atoms with Crippen molar-refractivity contribution >= 4 is 5.69 Å². The molecule has 0 bridgehead atoms. The lowest BCUT2D eigenvalue weighted by Crippen LogP contribution is -2.15. The molecule has 4 heteroatoms. The lowest BCUT2D eigenvalue weighted by atomic mass is 10.1. The third kappa shape index (κ3) is 1.39. The molecule has 16 heavy (non-hydrogen) atoms. The molecule has 0 fully saturated rings. The van der Waals surface area contributed by atoms with Gasteiger partial charge in [0, 0.05) is 29.2 Å². The molecule has 0 spiro atoms. The molecule has 3 N–H and O–H groups in total. The Morgan fingerprint density at radius 2 is 1.88 bits per heavy atom. The minimum absolute atomic E-state index is 0.578. The third-order valence-electron chi connectivity index (χ3n) is 2.60. The highest BCUT2D eigenvalue weighted by Crippen LogP contribution is 2.38. The maximum absolute atomic E-state index is 5.98. The fourth-order valence-corrected chi connectivity index (χ4v) is 1.84. The summed E-state index contributed by atoms with van der Waals surface area (Å²) in [5.41, 5.74) is 8.59. The highest BCUT2D eigenvalue weighted by Gasteiger charge is 2.15. The fourth-order valence-electron chi connectivity index (χ4n) is 1.84. The van der Waals surface area contributed by atoms with E-state index in [-0.39, 0.29) is 0 Å². The van der Waals surface area contributed by atoms with Crippen LogP contribution in [0.4, 0.5) is 5.69 Å². The summed E-state index contributed by atoms with van der Waals surface area (Å²) in [6.45, 7) is 1.16. The Morgan fingerprint density at radius 3 is 2.56 bits per heavy atom. The lowest BCUT2D eigenvalue weighted by Gasteiger charge is -2.19. The molecule has 3 rings (SSSR count). The molecule has 1 aromatic heterocycles. The van der Waals surface area contributed by atoms with Gasteiger partial charge in [0.2, 0.25) is 0 Å². The van der Waals surface area contributed by atoms with Crippen LogP contribution in [0.3, 0.4) is 0 Å². The molecule has 4 nitrogen and oxygen atoms in total. The van der Waals surface area contributed by atoms with Gasteiger partial charge in [0.1, 0.15) is 13.2 Å². The molecule has 1 aromatic carbocycles. The van der Waals surface area contributed by atoms with Gasteiger partial charge in [-0.25, -0.2) is 0 Å². The van der Waals surface area contributed by atoms with Crippen molar-refractivity contribution < 1.29 is 9.47 Å². The van der Waals surface area contributed by atoms with E-state index in [1.807, 2.05) is 30.5 Å². The number of anilines is 1. The van der Waals surface area contributed by atoms with Crippen LogP contribution in [-0.4, -0.2) is 18.2 Å². The van der Waals surface area contributed by atoms with Crippen LogP contribution in [0.5, 0.6) is 11.5 Å². The van der Waals surface area contributed by atoms with Crippen molar-refractivity contribution in [1.82, 2.24) is 4.98 Å². The summed E-state index contributed by atoms with van der Waals surface area (Å²) >= 11 is 0. The summed E-state index contributed by atoms with van der Waals surface area (Å²) in [7, 11) is 0. The predicted molar refractivity (Wildman–Crippen MR) is 61.6 cm³/mol. The van der Waals surface area contributed by atoms with Crippen LogP contribution in [0, 0.1) is 0 Å². The summed E-state index contributed by atoms with van der Waals surface area (Å²) in [5.74, 6) is 1.48. The van der Waals surface area contributed by atoms with Gasteiger partial charge in [-0.2, -0.15) is 0 Å². The number of aromatic nitrogens is 1. The van der Waals surface area contributed by atoms with Crippen molar-refractivity contribution in [3.05, 3.63) is 30.5 Å². The molecule has 0 radical (unpaired) electrons. The number of nitrogens with two attached hydrogens (primary N) is 1. The van der Waals surface area contributed by atoms with E-state index in [9.17, 15) is 0 Å². The van der Waals surface area contributed by atoms with Crippen molar-refractivity contribution in [2.24, 2.45) is 0 Å². The minimum Gasteiger partial charge on any atom is -0.486 e. The molecule has 1 aliphatic rings. The Morgan fingerprint density at radius 1 is 1.12 bits per heavy atom. The molecule has 2 heterocycles. The highest BCUT2D eigenvalue weighted by atomic mass is 16.6. The molecule has 82 valence electrons. The SMILES string of the molecule is Nc1cc2c(cc1-c1ccc[nH]1)OCCO2. The van der Waals surface area contributed by atoms with Crippen molar-refractivity contribution in [3.8, 4) is 22.8 Å². The van der Waals surface area contributed by atoms with E-state index in [2.05, 4.69) is 4.98 Å². The van der Waals surface area contributed by atoms with E-state index in [1.54, 1.807) is 0 Å². The summed E-state index contributed by atoms with van der Waals surface area (Å²) in [4.78, 5) is 3.12. The van der Waals surface area contributed by atoms with Crippen molar-refractivity contribution in [1.29, 1.82) is 0 Å². The average Bonchev–Trinajstić information content (AvgIpc) is 2.81. The predicted octanol–water partition coefficient (Wildman–Crippen LogP) is 2.04. The number of hydrogen-bond acceptors (Lipinski definition) is 3. The Bertz CT molecular complexity index is 506. The van der Waals surface area contributed by atoms with Gasteiger partial charge in [-0.1, -0.05) is 0 Å². The molecule has 0 aliphatic carbocycles. The second kappa shape index (κ2) is 3.48. The number of H-pyrrole nitrogens is 1. The van der Waals surface area contributed by atoms with Crippen LogP contribution in [0.25, 0.3) is 11.3 Å². The first-order chi connectivity index (χ1) is 7.84. The molecule has 2 aromatic rings. The van der Waals surface area contributed by atoms with E-state index in [1.165, 1.54) is 0 Å². The molecule has 0 saturated heterocycles. The Hall–Kier alpha value is -2.10. The summed E-state index contributed by atoms with van der Waals surface area (Å²) in [6, 6.07) is 7.63. The molecular weight excluding hydrogens is 204 g/mol. The summed E-state index contributed by atoms with van der Waals surface area (Å²) in [6.07, 6.45) is 1.87. The third-order valence-corrected chi connectivity index (χ3v) is 2.60. The van der Waals surface area contributed by atoms with Gasteiger partial charge in [-0.3, -0.25) is 0 Å². The Labute approximate surface area is 93.0 Å². The monoisotopic (exact) mass is 216 g/mol. The largest absolute Gasteiger partial charge is 0.486 e. The standard InChI is InChI=1S/C12H12N2O2/c13-9-7-12-11(15-4-5-16-12)6-8(9)10-2-1-3-14-10/h1-3,6-7,14H,4-5,13H2. The van der Waals surface area contributed by atoms with Crippen LogP contribution in [0.1, 0.15) is 0 Å². The van der Waals surface area contributed by atoms with Crippen LogP contribution in [-0.2, 0) is 0 Å². The minimum atomic E-state index is 0.578. The zero-order valence-electron chi connectivity index (χ0n) is 8.69. The first kappa shape index (κ1) is 9.15. The fraction of sp³-hybridized carbons (Fsp3) is 0.167. The smallest absolute Gasteiger partial charge is 0.163 e. The average molecular weight is 216 g/mol. The highest BCUT2D eigenvalue weighted by molar-refractivity contribution is 5.77. The normalized spacial score (nSPS) is 13.8. The zero-order chi connectivity index (χ0) is 11.0. The topological polar surface area (TPSA) is 60.3 Å². The van der Waals surface area contributed by atoms with Crippen molar-refractivity contribution in [2.45, 2.75) is 0 Å². The van der Waals surface area contributed by atoms with Crippen LogP contribution in [0.2, 0.25) is 0 Å². The van der Waals surface area contributed by atoms with Crippen molar-refractivity contribution in [3.63, 3.8) is 0 Å². The second-order valence-corrected chi connectivity index (χ2v) is 3.67. The van der Waals surface area contributed by atoms with E-state index in [0.717, 1.165) is 22.8 Å². The van der Waals surface area contributed by atoms with Gasteiger partial charge in [0.25, 0.3) is 0 Å². The number of fused-ring (bicyclic) bond motifs is 1. The summed E-state index contributed by atoms with van der Waals surface area (Å²) in [5, 5.41) is 0. The van der Waals surface area contributed by atoms with Gasteiger partial charge >= 0.3 is 0 Å². The van der Waals surface area contributed by atoms with Crippen LogP contribution < -0.4 is 15.2 Å². The number of ether oxygens (including phenoxy) is 2. The van der Waals surface area contributed by atoms with Crippen molar-refractivity contribution in [2.75, 3.05) is 18.9 Å². The maximum Gasteiger partial charge on any atom is 0.163 e. The maximum atomic E-state index is 5.98. The first-order valence-corrected chi connectivity index (χ1v) is 5.17. The Balaban J connectivity index is 2.12. The summed E-state index contributed by atoms with van der Waals surface area (Å²) < 4.78 is 11.0. The van der Waals surface area contributed by atoms with E-state index in [4.69, 9.17) is 15.2 Å². The van der Waals surface area contributed by atoms with Gasteiger partial charge in [-0.05, 0) is 18.2 Å². The van der Waals surface area contributed by atoms with Crippen LogP contribution >= 0.6 is 0 Å². The number of rotatable bonds is 1. The zero-order valence-corrected chi connectivity index (χ0v) is 8.69.